The first-order valence-electron chi connectivity index (χ1n) is 10.8. The summed E-state index contributed by atoms with van der Waals surface area (Å²) < 4.78 is 0. The Morgan fingerprint density at radius 1 is 0.906 bits per heavy atom. The number of aromatic nitrogens is 1. The zero-order chi connectivity index (χ0) is 22.0. The van der Waals surface area contributed by atoms with E-state index < -0.39 is 6.03 Å². The van der Waals surface area contributed by atoms with Crippen LogP contribution in [0.5, 0.6) is 0 Å². The third kappa shape index (κ3) is 2.54. The maximum absolute atomic E-state index is 13.6. The van der Waals surface area contributed by atoms with E-state index in [1.165, 1.54) is 16.3 Å². The van der Waals surface area contributed by atoms with E-state index in [0.29, 0.717) is 18.8 Å². The van der Waals surface area contributed by atoms with E-state index in [4.69, 9.17) is 5.73 Å². The molecule has 1 aromatic heterocycles. The second kappa shape index (κ2) is 6.75. The van der Waals surface area contributed by atoms with Crippen LogP contribution in [0.1, 0.15) is 21.6 Å². The molecule has 0 saturated carbocycles. The van der Waals surface area contributed by atoms with E-state index in [-0.39, 0.29) is 5.91 Å². The molecule has 160 valence electrons. The minimum atomic E-state index is -0.448. The summed E-state index contributed by atoms with van der Waals surface area (Å²) in [5, 5.41) is 6.60. The first kappa shape index (κ1) is 18.7. The highest BCUT2D eigenvalue weighted by Crippen LogP contribution is 2.40. The first-order valence-corrected chi connectivity index (χ1v) is 10.8. The van der Waals surface area contributed by atoms with E-state index in [1.807, 2.05) is 42.3 Å². The molecule has 0 fully saturated rings. The highest BCUT2D eigenvalue weighted by molar-refractivity contribution is 6.12. The number of amides is 3. The van der Waals surface area contributed by atoms with Crippen molar-refractivity contribution in [1.29, 1.82) is 0 Å². The van der Waals surface area contributed by atoms with Crippen LogP contribution >= 0.6 is 0 Å². The van der Waals surface area contributed by atoms with Crippen LogP contribution in [0.15, 0.2) is 48.5 Å². The number of carbonyl (C=O) groups is 2. The zero-order valence-corrected chi connectivity index (χ0v) is 17.7. The number of aromatic amines is 1. The van der Waals surface area contributed by atoms with Crippen molar-refractivity contribution in [1.82, 2.24) is 4.98 Å². The molecule has 4 aromatic rings. The topological polar surface area (TPSA) is 94.5 Å². The number of rotatable bonds is 2. The van der Waals surface area contributed by atoms with Gasteiger partial charge >= 0.3 is 6.03 Å². The molecule has 2 aliphatic rings. The molecule has 32 heavy (non-hydrogen) atoms. The van der Waals surface area contributed by atoms with Crippen LogP contribution in [0.25, 0.3) is 21.7 Å². The standard InChI is InChI=1S/C25H23N5O2/c1-27-20-13-23-16(14-4-2-3-5-15(14)20)8-10-29(23)24(31)21-12-18-17-9-11-30(25(26)32)22(17)7-6-19(18)28-21/h2-7,12-13,27-28H,8-11H2,1H3,(H2,26,32). The SMILES string of the molecule is CNc1cc2c(c3ccccc13)CCN2C(=O)c1cc2c3c(ccc2[nH]1)N(C(N)=O)CC3. The Morgan fingerprint density at radius 3 is 2.38 bits per heavy atom. The van der Waals surface area contributed by atoms with Gasteiger partial charge < -0.3 is 20.9 Å². The molecule has 0 unspecified atom stereocenters. The second-order valence-electron chi connectivity index (χ2n) is 8.37. The molecule has 4 N–H and O–H groups in total. The van der Waals surface area contributed by atoms with Crippen molar-refractivity contribution in [2.75, 3.05) is 35.3 Å². The molecule has 3 aromatic carbocycles. The normalized spacial score (nSPS) is 14.8. The molecule has 0 aliphatic carbocycles. The maximum Gasteiger partial charge on any atom is 0.319 e. The van der Waals surface area contributed by atoms with Crippen molar-refractivity contribution in [2.45, 2.75) is 12.8 Å². The number of primary amides is 1. The van der Waals surface area contributed by atoms with E-state index in [2.05, 4.69) is 28.5 Å². The van der Waals surface area contributed by atoms with Crippen LogP contribution in [0.2, 0.25) is 0 Å². The van der Waals surface area contributed by atoms with Gasteiger partial charge in [0.05, 0.1) is 0 Å². The fourth-order valence-corrected chi connectivity index (χ4v) is 5.29. The molecule has 3 heterocycles. The van der Waals surface area contributed by atoms with Crippen LogP contribution < -0.4 is 20.9 Å². The van der Waals surface area contributed by atoms with Gasteiger partial charge in [0.25, 0.3) is 5.91 Å². The smallest absolute Gasteiger partial charge is 0.319 e. The van der Waals surface area contributed by atoms with Gasteiger partial charge in [-0.25, -0.2) is 4.79 Å². The van der Waals surface area contributed by atoms with Gasteiger partial charge in [0.1, 0.15) is 5.69 Å². The van der Waals surface area contributed by atoms with Gasteiger partial charge in [-0.05, 0) is 53.6 Å². The lowest BCUT2D eigenvalue weighted by Gasteiger charge is -2.18. The zero-order valence-electron chi connectivity index (χ0n) is 17.7. The lowest BCUT2D eigenvalue weighted by molar-refractivity contribution is 0.0985. The fourth-order valence-electron chi connectivity index (χ4n) is 5.29. The number of nitrogens with zero attached hydrogens (tertiary/aromatic N) is 2. The maximum atomic E-state index is 13.6. The highest BCUT2D eigenvalue weighted by Gasteiger charge is 2.30. The number of hydrogen-bond acceptors (Lipinski definition) is 3. The molecule has 0 radical (unpaired) electrons. The van der Waals surface area contributed by atoms with Gasteiger partial charge in [-0.2, -0.15) is 0 Å². The summed E-state index contributed by atoms with van der Waals surface area (Å²) in [6.45, 7) is 1.21. The lowest BCUT2D eigenvalue weighted by atomic mass is 10.0. The third-order valence-electron chi connectivity index (χ3n) is 6.79. The summed E-state index contributed by atoms with van der Waals surface area (Å²) in [6.07, 6.45) is 1.56. The molecule has 3 amide bonds. The Labute approximate surface area is 184 Å². The van der Waals surface area contributed by atoms with Gasteiger partial charge in [0.15, 0.2) is 0 Å². The quantitative estimate of drug-likeness (QED) is 0.453. The van der Waals surface area contributed by atoms with E-state index in [9.17, 15) is 9.59 Å². The molecule has 7 heteroatoms. The summed E-state index contributed by atoms with van der Waals surface area (Å²) >= 11 is 0. The summed E-state index contributed by atoms with van der Waals surface area (Å²) in [6, 6.07) is 15.7. The Balaban J connectivity index is 1.42. The van der Waals surface area contributed by atoms with Gasteiger partial charge in [-0.3, -0.25) is 9.69 Å². The molecule has 0 atom stereocenters. The van der Waals surface area contributed by atoms with Crippen molar-refractivity contribution in [3.8, 4) is 0 Å². The summed E-state index contributed by atoms with van der Waals surface area (Å²) in [4.78, 5) is 32.1. The lowest BCUT2D eigenvalue weighted by Crippen LogP contribution is -2.33. The van der Waals surface area contributed by atoms with Crippen molar-refractivity contribution >= 4 is 50.7 Å². The van der Waals surface area contributed by atoms with Gasteiger partial charge in [-0.15, -0.1) is 0 Å². The number of fused-ring (bicyclic) bond motifs is 6. The van der Waals surface area contributed by atoms with E-state index in [1.54, 1.807) is 4.90 Å². The van der Waals surface area contributed by atoms with Crippen molar-refractivity contribution in [3.63, 3.8) is 0 Å². The molecular weight excluding hydrogens is 402 g/mol. The predicted octanol–water partition coefficient (Wildman–Crippen LogP) is 4.01. The van der Waals surface area contributed by atoms with Gasteiger partial charge in [0.2, 0.25) is 0 Å². The largest absolute Gasteiger partial charge is 0.388 e. The fraction of sp³-hybridized carbons (Fsp3) is 0.200. The number of urea groups is 1. The van der Waals surface area contributed by atoms with E-state index in [0.717, 1.165) is 46.4 Å². The van der Waals surface area contributed by atoms with Gasteiger partial charge in [-0.1, -0.05) is 24.3 Å². The average Bonchev–Trinajstić information content (AvgIpc) is 3.53. The Kier molecular flexibility index (Phi) is 3.95. The molecule has 0 saturated heterocycles. The second-order valence-corrected chi connectivity index (χ2v) is 8.37. The van der Waals surface area contributed by atoms with Crippen LogP contribution in [0, 0.1) is 0 Å². The molecule has 6 rings (SSSR count). The number of anilines is 3. The third-order valence-corrected chi connectivity index (χ3v) is 6.79. The average molecular weight is 425 g/mol. The highest BCUT2D eigenvalue weighted by atomic mass is 16.2. The van der Waals surface area contributed by atoms with Crippen molar-refractivity contribution < 1.29 is 9.59 Å². The summed E-state index contributed by atoms with van der Waals surface area (Å²) in [7, 11) is 1.91. The molecule has 0 spiro atoms. The molecule has 0 bridgehead atoms. The summed E-state index contributed by atoms with van der Waals surface area (Å²) in [5.41, 5.74) is 12.0. The molecule has 2 aliphatic heterocycles. The van der Waals surface area contributed by atoms with Crippen LogP contribution in [-0.4, -0.2) is 37.1 Å². The number of H-pyrrole nitrogens is 1. The molecular formula is C25H23N5O2. The minimum Gasteiger partial charge on any atom is -0.388 e. The van der Waals surface area contributed by atoms with Crippen molar-refractivity contribution in [2.24, 2.45) is 5.73 Å². The van der Waals surface area contributed by atoms with Crippen LogP contribution in [0.4, 0.5) is 21.9 Å². The number of benzene rings is 3. The predicted molar refractivity (Wildman–Crippen MR) is 128 cm³/mol. The number of carbonyl (C=O) groups excluding carboxylic acids is 2. The summed E-state index contributed by atoms with van der Waals surface area (Å²) in [5.74, 6) is -0.0456. The van der Waals surface area contributed by atoms with E-state index >= 15 is 0 Å². The Morgan fingerprint density at radius 2 is 1.62 bits per heavy atom. The Hall–Kier alpha value is -4.00. The van der Waals surface area contributed by atoms with Crippen LogP contribution in [0.3, 0.4) is 0 Å². The monoisotopic (exact) mass is 425 g/mol. The molecule has 7 nitrogen and oxygen atoms in total. The minimum absolute atomic E-state index is 0.0456. The van der Waals surface area contributed by atoms with Gasteiger partial charge in [0, 0.05) is 53.5 Å². The first-order chi connectivity index (χ1) is 15.6. The van der Waals surface area contributed by atoms with Crippen LogP contribution in [-0.2, 0) is 12.8 Å². The number of nitrogens with one attached hydrogen (secondary N) is 2. The van der Waals surface area contributed by atoms with Crippen molar-refractivity contribution in [3.05, 3.63) is 65.4 Å². The Bertz CT molecular complexity index is 1440. The number of hydrogen-bond donors (Lipinski definition) is 3. The number of nitrogens with two attached hydrogens (primary N) is 1.